The lowest BCUT2D eigenvalue weighted by Crippen LogP contribution is -2.46. The monoisotopic (exact) mass is 432 g/mol. The van der Waals surface area contributed by atoms with Crippen LogP contribution in [0.4, 0.5) is 0 Å². The topological polar surface area (TPSA) is 118 Å². The number of rotatable bonds is 9. The molecule has 0 fully saturated rings. The minimum Gasteiger partial charge on any atom is -0.382 e. The van der Waals surface area contributed by atoms with Crippen LogP contribution in [0, 0.1) is 13.8 Å². The van der Waals surface area contributed by atoms with E-state index in [0.29, 0.717) is 12.1 Å². The number of ether oxygens (including phenoxy) is 4. The highest BCUT2D eigenvalue weighted by Crippen LogP contribution is 2.25. The zero-order valence-corrected chi connectivity index (χ0v) is 18.6. The van der Waals surface area contributed by atoms with Crippen LogP contribution in [0.2, 0.25) is 0 Å². The van der Waals surface area contributed by atoms with Gasteiger partial charge in [-0.25, -0.2) is 9.78 Å². The molecule has 10 nitrogen and oxygen atoms in total. The maximum absolute atomic E-state index is 12.5. The molecule has 0 spiro atoms. The number of H-pyrrole nitrogens is 1. The van der Waals surface area contributed by atoms with Crippen molar-refractivity contribution in [3.63, 3.8) is 0 Å². The van der Waals surface area contributed by atoms with E-state index < -0.39 is 29.6 Å². The van der Waals surface area contributed by atoms with Crippen LogP contribution < -0.4 is 11.2 Å². The zero-order chi connectivity index (χ0) is 22.7. The van der Waals surface area contributed by atoms with Gasteiger partial charge in [0.15, 0.2) is 11.5 Å². The van der Waals surface area contributed by atoms with E-state index in [-0.39, 0.29) is 18.1 Å². The molecule has 0 unspecified atom stereocenters. The third-order valence-corrected chi connectivity index (χ3v) is 5.53. The highest BCUT2D eigenvalue weighted by atomic mass is 16.6. The van der Waals surface area contributed by atoms with E-state index in [4.69, 9.17) is 18.9 Å². The average Bonchev–Trinajstić information content (AvgIpc) is 2.74. The molecule has 2 aliphatic rings. The van der Waals surface area contributed by atoms with Crippen molar-refractivity contribution in [3.8, 4) is 11.5 Å². The van der Waals surface area contributed by atoms with E-state index in [2.05, 4.69) is 15.0 Å². The Hall–Kier alpha value is -2.66. The smallest absolute Gasteiger partial charge is 0.349 e. The Morgan fingerprint density at radius 3 is 2.26 bits per heavy atom. The fourth-order valence-electron chi connectivity index (χ4n) is 3.73. The van der Waals surface area contributed by atoms with Crippen molar-refractivity contribution < 1.29 is 18.9 Å². The van der Waals surface area contributed by atoms with Gasteiger partial charge in [-0.15, -0.1) is 0 Å². The molecule has 0 saturated heterocycles. The molecule has 3 rings (SSSR count). The van der Waals surface area contributed by atoms with Crippen LogP contribution in [0.1, 0.15) is 11.1 Å². The van der Waals surface area contributed by atoms with Gasteiger partial charge in [0.2, 0.25) is 0 Å². The Kier molecular flexibility index (Phi) is 7.16. The van der Waals surface area contributed by atoms with Gasteiger partial charge in [-0.3, -0.25) is 9.78 Å². The first-order valence-electron chi connectivity index (χ1n) is 9.83. The van der Waals surface area contributed by atoms with Gasteiger partial charge < -0.3 is 23.5 Å². The molecule has 0 amide bonds. The van der Waals surface area contributed by atoms with Crippen LogP contribution in [0.5, 0.6) is 0 Å². The Bertz CT molecular complexity index is 1140. The summed E-state index contributed by atoms with van der Waals surface area (Å²) in [5, 5.41) is 0. The molecule has 1 N–H and O–H groups in total. The lowest BCUT2D eigenvalue weighted by Gasteiger charge is -2.32. The number of hydrogen-bond donors (Lipinski definition) is 1. The van der Waals surface area contributed by atoms with Crippen LogP contribution >= 0.6 is 0 Å². The number of nitrogens with zero attached hydrogens (tertiary/aromatic N) is 3. The highest BCUT2D eigenvalue weighted by molar-refractivity contribution is 5.81. The predicted octanol–water partition coefficient (Wildman–Crippen LogP) is 0.893. The van der Waals surface area contributed by atoms with Crippen LogP contribution in [-0.2, 0) is 25.5 Å². The summed E-state index contributed by atoms with van der Waals surface area (Å²) in [5.41, 5.74) is 2.18. The second-order valence-electron chi connectivity index (χ2n) is 7.39. The zero-order valence-electron chi connectivity index (χ0n) is 18.6. The Labute approximate surface area is 179 Å². The van der Waals surface area contributed by atoms with Gasteiger partial charge in [0.25, 0.3) is 5.56 Å². The summed E-state index contributed by atoms with van der Waals surface area (Å²) in [7, 11) is 6.29. The maximum Gasteiger partial charge on any atom is 0.349 e. The average molecular weight is 432 g/mol. The summed E-state index contributed by atoms with van der Waals surface area (Å²) in [6.45, 7) is 4.50. The number of fused-ring (bicyclic) bond motifs is 2. The summed E-state index contributed by atoms with van der Waals surface area (Å²) < 4.78 is 24.0. The van der Waals surface area contributed by atoms with Crippen molar-refractivity contribution in [2.75, 3.05) is 35.0 Å². The number of methoxy groups -OCH3 is 4. The molecule has 0 bridgehead atoms. The molecule has 2 aliphatic heterocycles. The first-order valence-corrected chi connectivity index (χ1v) is 9.83. The molecule has 0 saturated carbocycles. The van der Waals surface area contributed by atoms with E-state index in [9.17, 15) is 9.59 Å². The molecule has 0 aromatic heterocycles. The maximum atomic E-state index is 12.5. The van der Waals surface area contributed by atoms with E-state index >= 15 is 0 Å². The fourth-order valence-corrected chi connectivity index (χ4v) is 3.73. The van der Waals surface area contributed by atoms with Crippen molar-refractivity contribution in [1.82, 2.24) is 19.5 Å². The van der Waals surface area contributed by atoms with E-state index in [0.717, 1.165) is 16.6 Å². The van der Waals surface area contributed by atoms with Crippen molar-refractivity contribution in [2.24, 2.45) is 0 Å². The predicted molar refractivity (Wildman–Crippen MR) is 115 cm³/mol. The number of hydrogen-bond acceptors (Lipinski definition) is 8. The van der Waals surface area contributed by atoms with E-state index in [1.54, 1.807) is 33.0 Å². The minimum atomic E-state index is -0.734. The lowest BCUT2D eigenvalue weighted by molar-refractivity contribution is -0.127. The molecule has 2 heterocycles. The minimum absolute atomic E-state index is 0.0827. The second kappa shape index (κ2) is 9.65. The molecule has 1 aromatic carbocycles. The number of nitrogens with one attached hydrogen (secondary N) is 1. The van der Waals surface area contributed by atoms with Crippen LogP contribution in [-0.4, -0.2) is 72.9 Å². The van der Waals surface area contributed by atoms with Crippen LogP contribution in [0.15, 0.2) is 21.7 Å². The summed E-state index contributed by atoms with van der Waals surface area (Å²) in [6, 6.07) is 3.87. The first-order chi connectivity index (χ1) is 14.8. The Morgan fingerprint density at radius 2 is 1.65 bits per heavy atom. The van der Waals surface area contributed by atoms with Gasteiger partial charge in [0.05, 0.1) is 24.2 Å². The first kappa shape index (κ1) is 23.0. The van der Waals surface area contributed by atoms with Gasteiger partial charge in [-0.2, -0.15) is 4.98 Å². The molecule has 0 aliphatic carbocycles. The van der Waals surface area contributed by atoms with Gasteiger partial charge in [-0.1, -0.05) is 0 Å². The van der Waals surface area contributed by atoms with Crippen molar-refractivity contribution in [3.05, 3.63) is 44.1 Å². The number of benzene rings is 1. The Balaban J connectivity index is 2.23. The quantitative estimate of drug-likeness (QED) is 0.496. The van der Waals surface area contributed by atoms with Crippen molar-refractivity contribution in [1.29, 1.82) is 0 Å². The molecule has 10 heteroatoms. The molecular weight excluding hydrogens is 404 g/mol. The summed E-state index contributed by atoms with van der Waals surface area (Å²) in [6.07, 6.45) is -1.38. The van der Waals surface area contributed by atoms with Gasteiger partial charge in [0, 0.05) is 28.4 Å². The molecule has 3 atom stereocenters. The third kappa shape index (κ3) is 4.52. The standard InChI is InChI=1S/C21H28N4O6/c1-11-7-13-14(8-12(11)2)25(19-17(22-13)20(26)24-21(27)23-19)9-15(29-4)18(31-6)16(30-5)10-28-3/h7-8,15-16,18H,9-10H2,1-6H3,(H,24,26,27)/t15-,16+,18-/m0/s1. The van der Waals surface area contributed by atoms with Crippen molar-refractivity contribution in [2.45, 2.75) is 38.7 Å². The van der Waals surface area contributed by atoms with Gasteiger partial charge >= 0.3 is 5.69 Å². The largest absolute Gasteiger partial charge is 0.382 e. The third-order valence-electron chi connectivity index (χ3n) is 5.53. The summed E-state index contributed by atoms with van der Waals surface area (Å²) in [5.74, 6) is 0.183. The Morgan fingerprint density at radius 1 is 0.968 bits per heavy atom. The van der Waals surface area contributed by atoms with Crippen molar-refractivity contribution >= 4 is 11.0 Å². The lowest BCUT2D eigenvalue weighted by atomic mass is 10.1. The number of aromatic nitrogens is 4. The van der Waals surface area contributed by atoms with Crippen LogP contribution in [0.25, 0.3) is 22.6 Å². The molecule has 0 radical (unpaired) electrons. The molecule has 1 aromatic rings. The van der Waals surface area contributed by atoms with Crippen LogP contribution in [0.3, 0.4) is 0 Å². The molecule has 168 valence electrons. The SMILES string of the molecule is COC[C@@H](OC)[C@@H](OC)[C@H](Cn1c2nc(=O)[nH]c(=O)c-2nc2cc(C)c(C)cc21)OC. The van der Waals surface area contributed by atoms with Gasteiger partial charge in [-0.05, 0) is 37.1 Å². The van der Waals surface area contributed by atoms with E-state index in [1.165, 1.54) is 0 Å². The highest BCUT2D eigenvalue weighted by Gasteiger charge is 2.32. The summed E-state index contributed by atoms with van der Waals surface area (Å²) in [4.78, 5) is 35.2. The summed E-state index contributed by atoms with van der Waals surface area (Å²) >= 11 is 0. The van der Waals surface area contributed by atoms with Gasteiger partial charge in [0.1, 0.15) is 18.3 Å². The second-order valence-corrected chi connectivity index (χ2v) is 7.39. The molecular formula is C21H28N4O6. The van der Waals surface area contributed by atoms with E-state index in [1.807, 2.05) is 26.0 Å². The molecule has 31 heavy (non-hydrogen) atoms. The normalized spacial score (nSPS) is 14.8. The number of aromatic amines is 1. The fraction of sp³-hybridized carbons (Fsp3) is 0.524. The number of aryl methyl sites for hydroxylation is 2.